The van der Waals surface area contributed by atoms with Gasteiger partial charge in [-0.05, 0) is 30.3 Å². The van der Waals surface area contributed by atoms with Gasteiger partial charge in [-0.3, -0.25) is 4.31 Å². The van der Waals surface area contributed by atoms with E-state index in [4.69, 9.17) is 4.74 Å². The zero-order chi connectivity index (χ0) is 15.7. The van der Waals surface area contributed by atoms with E-state index in [-0.39, 0.29) is 4.90 Å². The van der Waals surface area contributed by atoms with E-state index in [0.717, 1.165) is 10.2 Å². The lowest BCUT2D eigenvalue weighted by atomic mass is 10.2. The van der Waals surface area contributed by atoms with Crippen molar-refractivity contribution in [3.05, 3.63) is 46.9 Å². The molecule has 1 aliphatic heterocycles. The summed E-state index contributed by atoms with van der Waals surface area (Å²) >= 11 is 3.32. The summed E-state index contributed by atoms with van der Waals surface area (Å²) in [6, 6.07) is 12.1. The molecule has 0 amide bonds. The van der Waals surface area contributed by atoms with Crippen LogP contribution in [0.4, 0.5) is 11.4 Å². The van der Waals surface area contributed by atoms with Crippen molar-refractivity contribution in [3.8, 4) is 5.75 Å². The predicted octanol–water partition coefficient (Wildman–Crippen LogP) is 3.08. The Balaban J connectivity index is 2.07. The summed E-state index contributed by atoms with van der Waals surface area (Å²) < 4.78 is 33.2. The second-order valence-electron chi connectivity index (χ2n) is 4.84. The van der Waals surface area contributed by atoms with Crippen molar-refractivity contribution < 1.29 is 13.2 Å². The number of fused-ring (bicyclic) bond motifs is 1. The van der Waals surface area contributed by atoms with Crippen molar-refractivity contribution in [2.24, 2.45) is 0 Å². The lowest BCUT2D eigenvalue weighted by Crippen LogP contribution is -2.38. The Kier molecular flexibility index (Phi) is 4.01. The van der Waals surface area contributed by atoms with Crippen LogP contribution in [0.15, 0.2) is 51.8 Å². The van der Waals surface area contributed by atoms with Gasteiger partial charge >= 0.3 is 0 Å². The number of ether oxygens (including phenoxy) is 1. The average Bonchev–Trinajstić information content (AvgIpc) is 2.53. The molecule has 0 unspecified atom stereocenters. The minimum Gasteiger partial charge on any atom is -0.497 e. The topological polar surface area (TPSA) is 58.6 Å². The minimum atomic E-state index is -3.59. The lowest BCUT2D eigenvalue weighted by Gasteiger charge is -2.31. The number of anilines is 2. The summed E-state index contributed by atoms with van der Waals surface area (Å²) in [5.41, 5.74) is 1.39. The van der Waals surface area contributed by atoms with Crippen LogP contribution in [0.25, 0.3) is 0 Å². The van der Waals surface area contributed by atoms with E-state index in [0.29, 0.717) is 24.5 Å². The molecule has 0 aliphatic carbocycles. The molecule has 5 nitrogen and oxygen atoms in total. The summed E-state index contributed by atoms with van der Waals surface area (Å²) in [5.74, 6) is 0.688. The third kappa shape index (κ3) is 2.66. The van der Waals surface area contributed by atoms with Gasteiger partial charge in [0.05, 0.1) is 29.9 Å². The zero-order valence-corrected chi connectivity index (χ0v) is 14.3. The van der Waals surface area contributed by atoms with E-state index in [2.05, 4.69) is 21.2 Å². The summed E-state index contributed by atoms with van der Waals surface area (Å²) in [6.45, 7) is 0.932. The van der Waals surface area contributed by atoms with Crippen molar-refractivity contribution in [1.82, 2.24) is 0 Å². The molecular weight excluding hydrogens is 368 g/mol. The van der Waals surface area contributed by atoms with Crippen LogP contribution in [0.5, 0.6) is 5.75 Å². The first kappa shape index (κ1) is 15.2. The van der Waals surface area contributed by atoms with E-state index in [9.17, 15) is 8.42 Å². The number of rotatable bonds is 3. The van der Waals surface area contributed by atoms with Crippen molar-refractivity contribution in [3.63, 3.8) is 0 Å². The van der Waals surface area contributed by atoms with Gasteiger partial charge in [0.15, 0.2) is 0 Å². The van der Waals surface area contributed by atoms with Gasteiger partial charge in [0.1, 0.15) is 5.75 Å². The Morgan fingerprint density at radius 1 is 1.23 bits per heavy atom. The van der Waals surface area contributed by atoms with Crippen LogP contribution in [0.1, 0.15) is 0 Å². The molecule has 0 saturated heterocycles. The number of nitrogens with zero attached hydrogens (tertiary/aromatic N) is 1. The molecule has 0 radical (unpaired) electrons. The van der Waals surface area contributed by atoms with Gasteiger partial charge in [-0.15, -0.1) is 0 Å². The highest BCUT2D eigenvalue weighted by atomic mass is 79.9. The number of hydrogen-bond acceptors (Lipinski definition) is 4. The monoisotopic (exact) mass is 382 g/mol. The molecule has 3 rings (SSSR count). The summed E-state index contributed by atoms with van der Waals surface area (Å²) in [4.78, 5) is 0.269. The van der Waals surface area contributed by atoms with Crippen molar-refractivity contribution in [2.45, 2.75) is 4.90 Å². The third-order valence-corrected chi connectivity index (χ3v) is 5.79. The Labute approximate surface area is 138 Å². The van der Waals surface area contributed by atoms with Gasteiger partial charge in [0, 0.05) is 17.1 Å². The molecule has 0 spiro atoms. The van der Waals surface area contributed by atoms with Crippen LogP contribution in [0.3, 0.4) is 0 Å². The molecule has 0 fully saturated rings. The third-order valence-electron chi connectivity index (χ3n) is 3.49. The molecule has 0 saturated carbocycles. The Morgan fingerprint density at radius 2 is 2.05 bits per heavy atom. The number of nitrogens with one attached hydrogen (secondary N) is 1. The molecule has 0 bridgehead atoms. The largest absolute Gasteiger partial charge is 0.497 e. The van der Waals surface area contributed by atoms with E-state index in [1.165, 1.54) is 4.31 Å². The molecule has 2 aromatic carbocycles. The normalized spacial score (nSPS) is 14.2. The van der Waals surface area contributed by atoms with Gasteiger partial charge in [-0.2, -0.15) is 0 Å². The van der Waals surface area contributed by atoms with Crippen LogP contribution in [-0.2, 0) is 10.0 Å². The standard InChI is InChI=1S/C15H15BrN2O3S/c1-21-12-5-6-15-14(10-12)17-7-8-18(15)22(19,20)13-4-2-3-11(16)9-13/h2-6,9-10,17H,7-8H2,1H3. The van der Waals surface area contributed by atoms with Crippen LogP contribution in [0, 0.1) is 0 Å². The van der Waals surface area contributed by atoms with Crippen LogP contribution < -0.4 is 14.4 Å². The van der Waals surface area contributed by atoms with Crippen molar-refractivity contribution >= 4 is 37.3 Å². The maximum absolute atomic E-state index is 12.9. The molecular formula is C15H15BrN2O3S. The first-order chi connectivity index (χ1) is 10.5. The summed E-state index contributed by atoms with van der Waals surface area (Å²) in [5, 5.41) is 3.21. The first-order valence-corrected chi connectivity index (χ1v) is 8.96. The second-order valence-corrected chi connectivity index (χ2v) is 7.62. The second kappa shape index (κ2) is 5.81. The van der Waals surface area contributed by atoms with Crippen LogP contribution in [0.2, 0.25) is 0 Å². The fourth-order valence-corrected chi connectivity index (χ4v) is 4.50. The molecule has 0 aromatic heterocycles. The molecule has 0 atom stereocenters. The zero-order valence-electron chi connectivity index (χ0n) is 11.9. The van der Waals surface area contributed by atoms with Crippen molar-refractivity contribution in [1.29, 1.82) is 0 Å². The molecule has 1 aliphatic rings. The maximum Gasteiger partial charge on any atom is 0.264 e. The Morgan fingerprint density at radius 3 is 2.77 bits per heavy atom. The van der Waals surface area contributed by atoms with Crippen molar-refractivity contribution in [2.75, 3.05) is 29.8 Å². The van der Waals surface area contributed by atoms with Crippen LogP contribution in [-0.4, -0.2) is 28.6 Å². The SMILES string of the molecule is COc1ccc2c(c1)NCCN2S(=O)(=O)c1cccc(Br)c1. The highest BCUT2D eigenvalue weighted by molar-refractivity contribution is 9.10. The van der Waals surface area contributed by atoms with E-state index < -0.39 is 10.0 Å². The van der Waals surface area contributed by atoms with Gasteiger partial charge in [0.25, 0.3) is 10.0 Å². The van der Waals surface area contributed by atoms with Gasteiger partial charge in [-0.1, -0.05) is 22.0 Å². The van der Waals surface area contributed by atoms with Gasteiger partial charge in [-0.25, -0.2) is 8.42 Å². The van der Waals surface area contributed by atoms with Gasteiger partial charge in [0.2, 0.25) is 0 Å². The minimum absolute atomic E-state index is 0.269. The smallest absolute Gasteiger partial charge is 0.264 e. The first-order valence-electron chi connectivity index (χ1n) is 6.72. The molecule has 7 heteroatoms. The lowest BCUT2D eigenvalue weighted by molar-refractivity contribution is 0.415. The molecule has 1 N–H and O–H groups in total. The maximum atomic E-state index is 12.9. The highest BCUT2D eigenvalue weighted by Crippen LogP contribution is 2.36. The molecule has 2 aromatic rings. The fourth-order valence-electron chi connectivity index (χ4n) is 2.42. The van der Waals surface area contributed by atoms with E-state index in [1.54, 1.807) is 49.6 Å². The number of benzene rings is 2. The van der Waals surface area contributed by atoms with E-state index in [1.807, 2.05) is 0 Å². The molecule has 1 heterocycles. The quantitative estimate of drug-likeness (QED) is 0.885. The number of sulfonamides is 1. The highest BCUT2D eigenvalue weighted by Gasteiger charge is 2.29. The van der Waals surface area contributed by atoms with E-state index >= 15 is 0 Å². The molecule has 116 valence electrons. The van der Waals surface area contributed by atoms with Gasteiger partial charge < -0.3 is 10.1 Å². The predicted molar refractivity (Wildman–Crippen MR) is 90.2 cm³/mol. The number of halogens is 1. The Hall–Kier alpha value is -1.73. The number of hydrogen-bond donors (Lipinski definition) is 1. The summed E-state index contributed by atoms with van der Waals surface area (Å²) in [7, 11) is -2.01. The molecule has 22 heavy (non-hydrogen) atoms. The fraction of sp³-hybridized carbons (Fsp3) is 0.200. The van der Waals surface area contributed by atoms with Crippen LogP contribution >= 0.6 is 15.9 Å². The number of methoxy groups -OCH3 is 1. The summed E-state index contributed by atoms with van der Waals surface area (Å²) in [6.07, 6.45) is 0. The Bertz CT molecular complexity index is 808. The average molecular weight is 383 g/mol.